The van der Waals surface area contributed by atoms with Crippen LogP contribution in [0.3, 0.4) is 0 Å². The maximum Gasteiger partial charge on any atom is 0.200 e. The van der Waals surface area contributed by atoms with Crippen LogP contribution in [0.5, 0.6) is 0 Å². The first-order chi connectivity index (χ1) is 15.4. The van der Waals surface area contributed by atoms with Crippen LogP contribution >= 0.6 is 0 Å². The number of sulfone groups is 1. The molecule has 1 N–H and O–H groups in total. The van der Waals surface area contributed by atoms with Gasteiger partial charge in [0.1, 0.15) is 11.5 Å². The van der Waals surface area contributed by atoms with E-state index in [-0.39, 0.29) is 23.0 Å². The molecule has 1 atom stereocenters. The average molecular weight is 447 g/mol. The average Bonchev–Trinajstić information content (AvgIpc) is 2.79. The van der Waals surface area contributed by atoms with E-state index in [1.54, 1.807) is 54.6 Å². The summed E-state index contributed by atoms with van der Waals surface area (Å²) in [5.41, 5.74) is 2.23. The molecule has 6 nitrogen and oxygen atoms in total. The van der Waals surface area contributed by atoms with Gasteiger partial charge < -0.3 is 5.32 Å². The molecule has 0 saturated carbocycles. The molecule has 0 unspecified atom stereocenters. The number of fused-ring (bicyclic) bond motifs is 1. The van der Waals surface area contributed by atoms with Crippen molar-refractivity contribution in [2.75, 3.05) is 5.32 Å². The Kier molecular flexibility index (Phi) is 5.84. The molecule has 32 heavy (non-hydrogen) atoms. The van der Waals surface area contributed by atoms with Gasteiger partial charge >= 0.3 is 0 Å². The number of nitrogens with one attached hydrogen (secondary N) is 1. The summed E-state index contributed by atoms with van der Waals surface area (Å²) in [7, 11) is -4.08. The minimum absolute atomic E-state index is 0.0182. The summed E-state index contributed by atoms with van der Waals surface area (Å²) in [6.45, 7) is 1.90. The fourth-order valence-corrected chi connectivity index (χ4v) is 4.67. The van der Waals surface area contributed by atoms with Crippen molar-refractivity contribution < 1.29 is 12.8 Å². The summed E-state index contributed by atoms with van der Waals surface area (Å²) in [6, 6.07) is 21.4. The molecule has 3 aromatic carbocycles. The van der Waals surface area contributed by atoms with Crippen LogP contribution in [0.25, 0.3) is 11.0 Å². The fraction of sp³-hybridized carbons (Fsp3) is 0.125. The summed E-state index contributed by atoms with van der Waals surface area (Å²) in [5.74, 6) is -0.284. The Hall–Kier alpha value is -3.83. The predicted molar refractivity (Wildman–Crippen MR) is 120 cm³/mol. The molecule has 1 heterocycles. The van der Waals surface area contributed by atoms with E-state index in [2.05, 4.69) is 15.3 Å². The molecule has 0 saturated heterocycles. The van der Waals surface area contributed by atoms with Crippen LogP contribution in [0.4, 0.5) is 10.2 Å². The molecular weight excluding hydrogens is 427 g/mol. The number of hydrogen-bond acceptors (Lipinski definition) is 6. The van der Waals surface area contributed by atoms with Crippen LogP contribution in [-0.2, 0) is 16.4 Å². The largest absolute Gasteiger partial charge is 0.364 e. The second-order valence-corrected chi connectivity index (χ2v) is 9.29. The predicted octanol–water partition coefficient (Wildman–Crippen LogP) is 4.73. The lowest BCUT2D eigenvalue weighted by molar-refractivity contribution is 0.590. The van der Waals surface area contributed by atoms with E-state index in [1.807, 2.05) is 13.0 Å². The highest BCUT2D eigenvalue weighted by Gasteiger charge is 2.33. The zero-order valence-corrected chi connectivity index (χ0v) is 18.0. The van der Waals surface area contributed by atoms with Crippen molar-refractivity contribution in [3.8, 4) is 6.07 Å². The Morgan fingerprint density at radius 2 is 1.59 bits per heavy atom. The smallest absolute Gasteiger partial charge is 0.200 e. The molecule has 0 fully saturated rings. The van der Waals surface area contributed by atoms with Gasteiger partial charge in [-0.15, -0.1) is 0 Å². The number of aromatic nitrogens is 2. The number of halogens is 1. The standard InChI is InChI=1S/C24H19FN4O2S/c1-16-10-12-18(13-11-16)32(30,31)22(14-26)23-24(27-15-17-6-2-3-7-19(17)25)29-21-9-5-4-8-20(21)28-23/h2-13,22H,15H2,1H3,(H,27,29)/t22-/m0/s1. The molecule has 8 heteroatoms. The van der Waals surface area contributed by atoms with Gasteiger partial charge in [0, 0.05) is 12.1 Å². The van der Waals surface area contributed by atoms with Crippen LogP contribution in [0.2, 0.25) is 0 Å². The quantitative estimate of drug-likeness (QED) is 0.460. The third-order valence-electron chi connectivity index (χ3n) is 5.03. The SMILES string of the molecule is Cc1ccc(S(=O)(=O)[C@@H](C#N)c2nc3ccccc3nc2NCc2ccccc2F)cc1. The third kappa shape index (κ3) is 4.15. The lowest BCUT2D eigenvalue weighted by atomic mass is 10.2. The zero-order chi connectivity index (χ0) is 22.7. The zero-order valence-electron chi connectivity index (χ0n) is 17.2. The van der Waals surface area contributed by atoms with E-state index in [0.29, 0.717) is 16.6 Å². The fourth-order valence-electron chi connectivity index (χ4n) is 3.29. The number of anilines is 1. The molecule has 4 aromatic rings. The summed E-state index contributed by atoms with van der Waals surface area (Å²) in [6.07, 6.45) is 0. The first-order valence-corrected chi connectivity index (χ1v) is 11.4. The van der Waals surface area contributed by atoms with Crippen LogP contribution in [0.15, 0.2) is 77.7 Å². The number of aryl methyl sites for hydroxylation is 1. The summed E-state index contributed by atoms with van der Waals surface area (Å²) >= 11 is 0. The minimum atomic E-state index is -4.08. The maximum absolute atomic E-state index is 14.1. The van der Waals surface area contributed by atoms with E-state index in [1.165, 1.54) is 18.2 Å². The van der Waals surface area contributed by atoms with Crippen molar-refractivity contribution in [3.63, 3.8) is 0 Å². The van der Waals surface area contributed by atoms with Crippen LogP contribution < -0.4 is 5.32 Å². The van der Waals surface area contributed by atoms with Gasteiger partial charge in [-0.25, -0.2) is 22.8 Å². The molecule has 4 rings (SSSR count). The van der Waals surface area contributed by atoms with Gasteiger partial charge in [0.25, 0.3) is 0 Å². The van der Waals surface area contributed by atoms with Gasteiger partial charge in [-0.3, -0.25) is 0 Å². The number of para-hydroxylation sites is 2. The Bertz CT molecular complexity index is 1430. The number of nitrogens with zero attached hydrogens (tertiary/aromatic N) is 3. The number of hydrogen-bond donors (Lipinski definition) is 1. The van der Waals surface area contributed by atoms with E-state index in [0.717, 1.165) is 5.56 Å². The number of rotatable bonds is 6. The normalized spacial score (nSPS) is 12.3. The Morgan fingerprint density at radius 1 is 0.969 bits per heavy atom. The molecule has 0 amide bonds. The molecule has 0 aliphatic heterocycles. The van der Waals surface area contributed by atoms with Gasteiger partial charge in [-0.05, 0) is 37.3 Å². The maximum atomic E-state index is 14.1. The Morgan fingerprint density at radius 3 is 2.25 bits per heavy atom. The Balaban J connectivity index is 1.82. The highest BCUT2D eigenvalue weighted by Crippen LogP contribution is 2.32. The highest BCUT2D eigenvalue weighted by molar-refractivity contribution is 7.92. The van der Waals surface area contributed by atoms with Crippen LogP contribution in [0, 0.1) is 24.1 Å². The Labute approximate surface area is 185 Å². The van der Waals surface area contributed by atoms with Gasteiger partial charge in [-0.1, -0.05) is 48.0 Å². The molecular formula is C24H19FN4O2S. The molecule has 0 radical (unpaired) electrons. The molecule has 0 aliphatic rings. The van der Waals surface area contributed by atoms with Crippen molar-refractivity contribution in [2.24, 2.45) is 0 Å². The van der Waals surface area contributed by atoms with Crippen LogP contribution in [0.1, 0.15) is 22.1 Å². The summed E-state index contributed by atoms with van der Waals surface area (Å²) in [5, 5.41) is 11.3. The minimum Gasteiger partial charge on any atom is -0.364 e. The van der Waals surface area contributed by atoms with Gasteiger partial charge in [0.05, 0.1) is 22.0 Å². The van der Waals surface area contributed by atoms with E-state index < -0.39 is 20.9 Å². The van der Waals surface area contributed by atoms with Crippen molar-refractivity contribution in [1.29, 1.82) is 5.26 Å². The molecule has 1 aromatic heterocycles. The van der Waals surface area contributed by atoms with Crippen molar-refractivity contribution in [2.45, 2.75) is 23.6 Å². The molecule has 0 spiro atoms. The second kappa shape index (κ2) is 8.73. The van der Waals surface area contributed by atoms with Gasteiger partial charge in [0.15, 0.2) is 11.1 Å². The number of nitriles is 1. The lowest BCUT2D eigenvalue weighted by Gasteiger charge is -2.16. The summed E-state index contributed by atoms with van der Waals surface area (Å²) in [4.78, 5) is 8.99. The van der Waals surface area contributed by atoms with E-state index in [4.69, 9.17) is 0 Å². The molecule has 0 aliphatic carbocycles. The second-order valence-electron chi connectivity index (χ2n) is 7.26. The van der Waals surface area contributed by atoms with Crippen LogP contribution in [-0.4, -0.2) is 18.4 Å². The molecule has 160 valence electrons. The topological polar surface area (TPSA) is 95.7 Å². The first kappa shape index (κ1) is 21.4. The number of benzene rings is 3. The lowest BCUT2D eigenvalue weighted by Crippen LogP contribution is -2.17. The van der Waals surface area contributed by atoms with Crippen molar-refractivity contribution in [3.05, 3.63) is 95.4 Å². The van der Waals surface area contributed by atoms with E-state index in [9.17, 15) is 18.1 Å². The summed E-state index contributed by atoms with van der Waals surface area (Å²) < 4.78 is 40.7. The monoisotopic (exact) mass is 446 g/mol. The van der Waals surface area contributed by atoms with Crippen molar-refractivity contribution in [1.82, 2.24) is 9.97 Å². The molecule has 0 bridgehead atoms. The third-order valence-corrected chi connectivity index (χ3v) is 6.91. The van der Waals surface area contributed by atoms with E-state index >= 15 is 0 Å². The first-order valence-electron chi connectivity index (χ1n) is 9.84. The van der Waals surface area contributed by atoms with Gasteiger partial charge in [-0.2, -0.15) is 5.26 Å². The van der Waals surface area contributed by atoms with Gasteiger partial charge in [0.2, 0.25) is 9.84 Å². The van der Waals surface area contributed by atoms with Crippen molar-refractivity contribution >= 4 is 26.7 Å². The highest BCUT2D eigenvalue weighted by atomic mass is 32.2.